The summed E-state index contributed by atoms with van der Waals surface area (Å²) in [7, 11) is 0. The molecular formula is C11H13Cl2FN2. The van der Waals surface area contributed by atoms with Gasteiger partial charge in [0.2, 0.25) is 0 Å². The van der Waals surface area contributed by atoms with Crippen LogP contribution in [0.3, 0.4) is 0 Å². The van der Waals surface area contributed by atoms with Gasteiger partial charge in [0.15, 0.2) is 5.82 Å². The number of hydrogen-bond donors (Lipinski definition) is 1. The quantitative estimate of drug-likeness (QED) is 0.789. The monoisotopic (exact) mass is 262 g/mol. The van der Waals surface area contributed by atoms with Crippen LogP contribution in [0.25, 0.3) is 0 Å². The van der Waals surface area contributed by atoms with Crippen molar-refractivity contribution in [3.05, 3.63) is 28.0 Å². The number of benzene rings is 1. The average molecular weight is 263 g/mol. The van der Waals surface area contributed by atoms with Gasteiger partial charge in [-0.1, -0.05) is 23.2 Å². The first-order valence-electron chi connectivity index (χ1n) is 5.23. The highest BCUT2D eigenvalue weighted by molar-refractivity contribution is 6.35. The molecule has 1 fully saturated rings. The minimum Gasteiger partial charge on any atom is -0.370 e. The molecule has 2 N–H and O–H groups in total. The molecule has 0 aliphatic carbocycles. The van der Waals surface area contributed by atoms with Crippen LogP contribution in [0.4, 0.5) is 10.1 Å². The minimum absolute atomic E-state index is 0.0571. The Balaban J connectivity index is 2.26. The van der Waals surface area contributed by atoms with Crippen molar-refractivity contribution in [1.82, 2.24) is 0 Å². The van der Waals surface area contributed by atoms with E-state index in [2.05, 4.69) is 4.90 Å². The Morgan fingerprint density at radius 3 is 2.50 bits per heavy atom. The van der Waals surface area contributed by atoms with Gasteiger partial charge in [-0.15, -0.1) is 0 Å². The predicted molar refractivity (Wildman–Crippen MR) is 65.8 cm³/mol. The van der Waals surface area contributed by atoms with E-state index < -0.39 is 5.82 Å². The smallest absolute Gasteiger partial charge is 0.160 e. The Morgan fingerprint density at radius 1 is 1.31 bits per heavy atom. The van der Waals surface area contributed by atoms with Crippen LogP contribution in [0.15, 0.2) is 12.1 Å². The minimum atomic E-state index is -0.562. The molecule has 1 atom stereocenters. The normalized spacial score (nSPS) is 21.2. The summed E-state index contributed by atoms with van der Waals surface area (Å²) in [6, 6.07) is 3.36. The number of piperidine rings is 1. The van der Waals surface area contributed by atoms with Crippen molar-refractivity contribution in [1.29, 1.82) is 0 Å². The standard InChI is InChI=1S/C11H13Cl2FN2/c12-9-4-8(5-10(13)11(9)14)16-3-1-2-7(15)6-16/h4-5,7H,1-3,6,15H2. The molecule has 2 rings (SSSR count). The third-order valence-corrected chi connectivity index (χ3v) is 3.34. The van der Waals surface area contributed by atoms with Crippen LogP contribution in [0.2, 0.25) is 10.0 Å². The lowest BCUT2D eigenvalue weighted by Gasteiger charge is -2.32. The summed E-state index contributed by atoms with van der Waals surface area (Å²) < 4.78 is 13.2. The Hall–Kier alpha value is -0.510. The number of anilines is 1. The molecule has 0 radical (unpaired) electrons. The summed E-state index contributed by atoms with van der Waals surface area (Å²) >= 11 is 11.5. The number of nitrogens with two attached hydrogens (primary N) is 1. The van der Waals surface area contributed by atoms with E-state index in [-0.39, 0.29) is 16.1 Å². The zero-order valence-electron chi connectivity index (χ0n) is 8.72. The third-order valence-electron chi connectivity index (χ3n) is 2.79. The van der Waals surface area contributed by atoms with Crippen LogP contribution in [-0.2, 0) is 0 Å². The number of rotatable bonds is 1. The summed E-state index contributed by atoms with van der Waals surface area (Å²) in [6.45, 7) is 1.67. The van der Waals surface area contributed by atoms with Crippen LogP contribution in [-0.4, -0.2) is 19.1 Å². The highest BCUT2D eigenvalue weighted by atomic mass is 35.5. The van der Waals surface area contributed by atoms with Crippen LogP contribution >= 0.6 is 23.2 Å². The van der Waals surface area contributed by atoms with Gasteiger partial charge in [-0.05, 0) is 25.0 Å². The van der Waals surface area contributed by atoms with Gasteiger partial charge in [-0.25, -0.2) is 4.39 Å². The molecule has 0 aromatic heterocycles. The molecule has 0 saturated carbocycles. The van der Waals surface area contributed by atoms with Crippen molar-refractivity contribution in [3.63, 3.8) is 0 Å². The predicted octanol–water partition coefficient (Wildman–Crippen LogP) is 3.06. The third kappa shape index (κ3) is 2.42. The maximum absolute atomic E-state index is 13.2. The molecule has 1 heterocycles. The molecule has 1 unspecified atom stereocenters. The van der Waals surface area contributed by atoms with Crippen molar-refractivity contribution < 1.29 is 4.39 Å². The van der Waals surface area contributed by atoms with E-state index >= 15 is 0 Å². The van der Waals surface area contributed by atoms with Gasteiger partial charge in [0, 0.05) is 24.8 Å². The first-order valence-corrected chi connectivity index (χ1v) is 5.98. The highest BCUT2D eigenvalue weighted by Crippen LogP contribution is 2.30. The lowest BCUT2D eigenvalue weighted by Crippen LogP contribution is -2.42. The number of halogens is 3. The van der Waals surface area contributed by atoms with E-state index in [0.29, 0.717) is 0 Å². The Bertz CT molecular complexity index is 375. The van der Waals surface area contributed by atoms with Gasteiger partial charge < -0.3 is 10.6 Å². The maximum Gasteiger partial charge on any atom is 0.160 e. The molecule has 5 heteroatoms. The van der Waals surface area contributed by atoms with Crippen molar-refractivity contribution in [2.45, 2.75) is 18.9 Å². The molecule has 0 amide bonds. The molecule has 88 valence electrons. The Morgan fingerprint density at radius 2 is 1.94 bits per heavy atom. The molecule has 1 saturated heterocycles. The first-order chi connectivity index (χ1) is 7.58. The van der Waals surface area contributed by atoms with Crippen LogP contribution in [0, 0.1) is 5.82 Å². The summed E-state index contributed by atoms with van der Waals surface area (Å²) in [6.07, 6.45) is 2.06. The van der Waals surface area contributed by atoms with E-state index in [1.807, 2.05) is 0 Å². The van der Waals surface area contributed by atoms with Gasteiger partial charge in [-0.3, -0.25) is 0 Å². The second kappa shape index (κ2) is 4.78. The molecule has 1 aromatic carbocycles. The van der Waals surface area contributed by atoms with Crippen LogP contribution in [0.1, 0.15) is 12.8 Å². The van der Waals surface area contributed by atoms with Gasteiger partial charge >= 0.3 is 0 Å². The number of hydrogen-bond acceptors (Lipinski definition) is 2. The summed E-state index contributed by atoms with van der Waals surface area (Å²) in [5.41, 5.74) is 6.73. The van der Waals surface area contributed by atoms with E-state index in [0.717, 1.165) is 31.6 Å². The van der Waals surface area contributed by atoms with E-state index in [4.69, 9.17) is 28.9 Å². The van der Waals surface area contributed by atoms with E-state index in [9.17, 15) is 4.39 Å². The molecule has 1 aliphatic rings. The summed E-state index contributed by atoms with van der Waals surface area (Å²) in [5.74, 6) is -0.562. The second-order valence-electron chi connectivity index (χ2n) is 4.07. The zero-order chi connectivity index (χ0) is 11.7. The van der Waals surface area contributed by atoms with Crippen molar-refractivity contribution in [2.75, 3.05) is 18.0 Å². The van der Waals surface area contributed by atoms with Gasteiger partial charge in [0.25, 0.3) is 0 Å². The highest BCUT2D eigenvalue weighted by Gasteiger charge is 2.18. The maximum atomic E-state index is 13.2. The number of nitrogens with zero attached hydrogens (tertiary/aromatic N) is 1. The topological polar surface area (TPSA) is 29.3 Å². The molecule has 0 spiro atoms. The first kappa shape index (κ1) is 12.0. The lowest BCUT2D eigenvalue weighted by atomic mass is 10.1. The fourth-order valence-electron chi connectivity index (χ4n) is 1.97. The second-order valence-corrected chi connectivity index (χ2v) is 4.89. The summed E-state index contributed by atoms with van der Waals surface area (Å²) in [4.78, 5) is 2.09. The van der Waals surface area contributed by atoms with Gasteiger partial charge in [0.1, 0.15) is 0 Å². The molecule has 1 aromatic rings. The summed E-state index contributed by atoms with van der Waals surface area (Å²) in [5, 5.41) is 0.114. The largest absolute Gasteiger partial charge is 0.370 e. The average Bonchev–Trinajstić information content (AvgIpc) is 2.25. The fraction of sp³-hybridized carbons (Fsp3) is 0.455. The van der Waals surface area contributed by atoms with Crippen LogP contribution in [0.5, 0.6) is 0 Å². The molecular weight excluding hydrogens is 250 g/mol. The van der Waals surface area contributed by atoms with Gasteiger partial charge in [-0.2, -0.15) is 0 Å². The van der Waals surface area contributed by atoms with Crippen molar-refractivity contribution in [2.24, 2.45) is 5.73 Å². The van der Waals surface area contributed by atoms with Crippen molar-refractivity contribution >= 4 is 28.9 Å². The SMILES string of the molecule is NC1CCCN(c2cc(Cl)c(F)c(Cl)c2)C1. The lowest BCUT2D eigenvalue weighted by molar-refractivity contribution is 0.506. The van der Waals surface area contributed by atoms with Gasteiger partial charge in [0.05, 0.1) is 10.0 Å². The van der Waals surface area contributed by atoms with Crippen molar-refractivity contribution in [3.8, 4) is 0 Å². The Labute approximate surface area is 104 Å². The van der Waals surface area contributed by atoms with Crippen LogP contribution < -0.4 is 10.6 Å². The zero-order valence-corrected chi connectivity index (χ0v) is 10.2. The fourth-order valence-corrected chi connectivity index (χ4v) is 2.44. The molecule has 2 nitrogen and oxygen atoms in total. The Kier molecular flexibility index (Phi) is 3.57. The molecule has 16 heavy (non-hydrogen) atoms. The van der Waals surface area contributed by atoms with E-state index in [1.165, 1.54) is 0 Å². The molecule has 0 bridgehead atoms. The van der Waals surface area contributed by atoms with E-state index in [1.54, 1.807) is 12.1 Å². The molecule has 1 aliphatic heterocycles.